The van der Waals surface area contributed by atoms with E-state index in [2.05, 4.69) is 9.97 Å². The molecule has 14 heteroatoms. The number of carbonyl (C=O) groups excluding carboxylic acids is 1. The highest BCUT2D eigenvalue weighted by Gasteiger charge is 2.58. The maximum Gasteiger partial charge on any atom is 0.283 e. The summed E-state index contributed by atoms with van der Waals surface area (Å²) in [7, 11) is -2.61. The average Bonchev–Trinajstić information content (AvgIpc) is 3.36. The Balaban J connectivity index is 1.68. The SMILES string of the molecule is CO[C@@H]1C[C@H]2C(=O)N3CC(F)(F)[C@H](NS(C)(=O)=O)[C@@H]3Cc3cccc(c3F)Oc3nc(ncc3C)N2C1. The van der Waals surface area contributed by atoms with Crippen LogP contribution in [-0.2, 0) is 26.0 Å². The van der Waals surface area contributed by atoms with Crippen molar-refractivity contribution in [1.29, 1.82) is 0 Å². The van der Waals surface area contributed by atoms with Crippen LogP contribution in [0.3, 0.4) is 0 Å². The molecule has 1 amide bonds. The Morgan fingerprint density at radius 3 is 2.73 bits per heavy atom. The van der Waals surface area contributed by atoms with Gasteiger partial charge in [0.05, 0.1) is 24.9 Å². The van der Waals surface area contributed by atoms with Gasteiger partial charge >= 0.3 is 0 Å². The summed E-state index contributed by atoms with van der Waals surface area (Å²) in [4.78, 5) is 25.1. The van der Waals surface area contributed by atoms with Crippen LogP contribution in [0.25, 0.3) is 0 Å². The van der Waals surface area contributed by atoms with Gasteiger partial charge in [-0.2, -0.15) is 4.98 Å². The van der Waals surface area contributed by atoms with Gasteiger partial charge in [-0.05, 0) is 25.0 Å². The lowest BCUT2D eigenvalue weighted by molar-refractivity contribution is -0.134. The van der Waals surface area contributed by atoms with Crippen LogP contribution in [0.15, 0.2) is 24.4 Å². The number of aryl methyl sites for hydroxylation is 1. The molecule has 0 spiro atoms. The van der Waals surface area contributed by atoms with E-state index in [0.717, 1.165) is 11.2 Å². The first kappa shape index (κ1) is 25.7. The van der Waals surface area contributed by atoms with E-state index in [1.807, 2.05) is 4.72 Å². The van der Waals surface area contributed by atoms with Crippen molar-refractivity contribution in [3.05, 3.63) is 41.3 Å². The molecule has 37 heavy (non-hydrogen) atoms. The first-order valence-electron chi connectivity index (χ1n) is 11.6. The van der Waals surface area contributed by atoms with E-state index in [0.29, 0.717) is 5.56 Å². The summed E-state index contributed by atoms with van der Waals surface area (Å²) < 4.78 is 83.4. The minimum Gasteiger partial charge on any atom is -0.435 e. The number of ether oxygens (including phenoxy) is 2. The van der Waals surface area contributed by atoms with Crippen LogP contribution in [0.2, 0.25) is 0 Å². The molecule has 200 valence electrons. The fourth-order valence-electron chi connectivity index (χ4n) is 5.17. The minimum atomic E-state index is -4.09. The molecule has 1 aromatic carbocycles. The summed E-state index contributed by atoms with van der Waals surface area (Å²) in [6, 6.07) is -0.0588. The standard InChI is InChI=1S/C23H26F3N5O5S/c1-12-9-27-22-28-20(12)36-17-6-4-5-13(18(17)24)7-15-19(29-37(3,33)34)23(25,26)11-31(15)21(32)16-8-14(35-2)10-30(16)22/h4-6,9,14-16,19,29H,7-8,10-11H2,1-3H3/t14-,15+,16+,19-/m1/s1. The number of hydrogen-bond donors (Lipinski definition) is 1. The number of sulfonamides is 1. The number of anilines is 1. The molecule has 4 heterocycles. The van der Waals surface area contributed by atoms with Crippen LogP contribution in [0.4, 0.5) is 19.1 Å². The van der Waals surface area contributed by atoms with Gasteiger partial charge in [-0.15, -0.1) is 0 Å². The van der Waals surface area contributed by atoms with Crippen LogP contribution in [0.5, 0.6) is 11.6 Å². The highest BCUT2D eigenvalue weighted by atomic mass is 32.2. The van der Waals surface area contributed by atoms with Gasteiger partial charge in [-0.25, -0.2) is 31.3 Å². The Hall–Kier alpha value is -2.97. The van der Waals surface area contributed by atoms with E-state index in [1.54, 1.807) is 11.8 Å². The van der Waals surface area contributed by atoms with Gasteiger partial charge < -0.3 is 19.3 Å². The molecule has 3 aliphatic heterocycles. The normalized spacial score (nSPS) is 27.0. The second-order valence-corrected chi connectivity index (χ2v) is 11.4. The van der Waals surface area contributed by atoms with Crippen LogP contribution in [-0.4, -0.2) is 85.8 Å². The molecule has 2 saturated heterocycles. The summed E-state index contributed by atoms with van der Waals surface area (Å²) in [6.45, 7) is 0.851. The van der Waals surface area contributed by atoms with Gasteiger partial charge in [0.1, 0.15) is 12.1 Å². The predicted octanol–water partition coefficient (Wildman–Crippen LogP) is 1.63. The number of amides is 1. The molecule has 3 aliphatic rings. The number of halogens is 3. The third kappa shape index (κ3) is 4.73. The van der Waals surface area contributed by atoms with Crippen LogP contribution >= 0.6 is 0 Å². The molecular weight excluding hydrogens is 515 g/mol. The Kier molecular flexibility index (Phi) is 6.31. The number of alkyl halides is 2. The van der Waals surface area contributed by atoms with E-state index >= 15 is 13.2 Å². The van der Waals surface area contributed by atoms with Gasteiger partial charge in [0.25, 0.3) is 5.92 Å². The number of methoxy groups -OCH3 is 1. The third-order valence-electron chi connectivity index (χ3n) is 6.97. The van der Waals surface area contributed by atoms with Gasteiger partial charge in [0.2, 0.25) is 27.8 Å². The van der Waals surface area contributed by atoms with Gasteiger partial charge in [-0.3, -0.25) is 4.79 Å². The van der Waals surface area contributed by atoms with Crippen molar-refractivity contribution in [1.82, 2.24) is 19.6 Å². The second kappa shape index (κ2) is 9.10. The van der Waals surface area contributed by atoms with Crippen molar-refractivity contribution in [2.45, 2.75) is 49.9 Å². The van der Waals surface area contributed by atoms with Crippen molar-refractivity contribution < 1.29 is 35.9 Å². The second-order valence-electron chi connectivity index (χ2n) is 9.62. The number of rotatable bonds is 3. The van der Waals surface area contributed by atoms with Gasteiger partial charge in [-0.1, -0.05) is 12.1 Å². The molecule has 1 aromatic heterocycles. The molecule has 2 aromatic rings. The lowest BCUT2D eigenvalue weighted by atomic mass is 9.98. The van der Waals surface area contributed by atoms with Gasteiger partial charge in [0.15, 0.2) is 11.6 Å². The summed E-state index contributed by atoms with van der Waals surface area (Å²) in [6.07, 6.45) is 1.62. The molecule has 0 aliphatic carbocycles. The molecule has 0 radical (unpaired) electrons. The highest BCUT2D eigenvalue weighted by Crippen LogP contribution is 2.39. The monoisotopic (exact) mass is 541 g/mol. The van der Waals surface area contributed by atoms with Crippen molar-refractivity contribution in [3.8, 4) is 11.6 Å². The smallest absolute Gasteiger partial charge is 0.283 e. The summed E-state index contributed by atoms with van der Waals surface area (Å²) in [5.74, 6) is -5.11. The number of aromatic nitrogens is 2. The minimum absolute atomic E-state index is 0.0115. The third-order valence-corrected chi connectivity index (χ3v) is 7.66. The zero-order valence-corrected chi connectivity index (χ0v) is 21.1. The molecule has 1 N–H and O–H groups in total. The molecule has 5 rings (SSSR count). The van der Waals surface area contributed by atoms with E-state index in [1.165, 1.54) is 31.5 Å². The number of benzene rings is 1. The Morgan fingerprint density at radius 1 is 1.27 bits per heavy atom. The Bertz CT molecular complexity index is 1340. The zero-order chi connectivity index (χ0) is 26.7. The van der Waals surface area contributed by atoms with Crippen LogP contribution in [0.1, 0.15) is 17.5 Å². The maximum atomic E-state index is 15.5. The number of hydrogen-bond acceptors (Lipinski definition) is 8. The van der Waals surface area contributed by atoms with E-state index in [9.17, 15) is 13.2 Å². The molecule has 0 unspecified atom stereocenters. The lowest BCUT2D eigenvalue weighted by Crippen LogP contribution is -2.54. The average molecular weight is 542 g/mol. The molecule has 10 nitrogen and oxygen atoms in total. The van der Waals surface area contributed by atoms with Crippen LogP contribution in [0, 0.1) is 12.7 Å². The van der Waals surface area contributed by atoms with Crippen molar-refractivity contribution in [2.24, 2.45) is 0 Å². The molecule has 4 atom stereocenters. The fourth-order valence-corrected chi connectivity index (χ4v) is 5.96. The molecule has 4 bridgehead atoms. The van der Waals surface area contributed by atoms with Crippen molar-refractivity contribution >= 4 is 21.9 Å². The first-order valence-corrected chi connectivity index (χ1v) is 13.5. The fraction of sp³-hybridized carbons (Fsp3) is 0.522. The molecular formula is C23H26F3N5O5S. The number of nitrogens with zero attached hydrogens (tertiary/aromatic N) is 4. The number of fused-ring (bicyclic) bond motifs is 7. The largest absolute Gasteiger partial charge is 0.435 e. The molecule has 0 saturated carbocycles. The van der Waals surface area contributed by atoms with E-state index in [4.69, 9.17) is 9.47 Å². The molecule has 2 fully saturated rings. The predicted molar refractivity (Wildman–Crippen MR) is 126 cm³/mol. The van der Waals surface area contributed by atoms with Crippen molar-refractivity contribution in [3.63, 3.8) is 0 Å². The number of nitrogens with one attached hydrogen (secondary N) is 1. The van der Waals surface area contributed by atoms with Crippen LogP contribution < -0.4 is 14.4 Å². The quantitative estimate of drug-likeness (QED) is 0.624. The Labute approximate surface area is 211 Å². The lowest BCUT2D eigenvalue weighted by Gasteiger charge is -2.32. The zero-order valence-electron chi connectivity index (χ0n) is 20.3. The van der Waals surface area contributed by atoms with Gasteiger partial charge in [0, 0.05) is 31.8 Å². The summed E-state index contributed by atoms with van der Waals surface area (Å²) >= 11 is 0. The Morgan fingerprint density at radius 2 is 2.03 bits per heavy atom. The van der Waals surface area contributed by atoms with E-state index in [-0.39, 0.29) is 42.5 Å². The summed E-state index contributed by atoms with van der Waals surface area (Å²) in [5.41, 5.74) is 0.508. The van der Waals surface area contributed by atoms with Crippen molar-refractivity contribution in [2.75, 3.05) is 31.4 Å². The topological polar surface area (TPSA) is 114 Å². The maximum absolute atomic E-state index is 15.5. The van der Waals surface area contributed by atoms with E-state index < -0.39 is 58.4 Å². The summed E-state index contributed by atoms with van der Waals surface area (Å²) in [5, 5.41) is 0. The number of carbonyl (C=O) groups is 1. The highest BCUT2D eigenvalue weighted by molar-refractivity contribution is 7.88. The first-order chi connectivity index (χ1) is 17.4.